The molecule has 3 N–H and O–H groups in total. The van der Waals surface area contributed by atoms with Gasteiger partial charge in [-0.25, -0.2) is 4.79 Å². The highest BCUT2D eigenvalue weighted by molar-refractivity contribution is 5.85. The summed E-state index contributed by atoms with van der Waals surface area (Å²) in [7, 11) is 1.25. The Morgan fingerprint density at radius 2 is 2.36 bits per heavy atom. The van der Waals surface area contributed by atoms with Crippen LogP contribution < -0.4 is 5.73 Å². The molecule has 0 spiro atoms. The van der Waals surface area contributed by atoms with Crippen molar-refractivity contribution in [1.82, 2.24) is 0 Å². The van der Waals surface area contributed by atoms with Crippen LogP contribution in [0, 0.1) is 0 Å². The Morgan fingerprint density at radius 3 is 2.79 bits per heavy atom. The van der Waals surface area contributed by atoms with Crippen LogP contribution in [0.25, 0.3) is 0 Å². The second kappa shape index (κ2) is 5.64. The molecule has 0 aliphatic carbocycles. The third-order valence-corrected chi connectivity index (χ3v) is 1.60. The van der Waals surface area contributed by atoms with Gasteiger partial charge < -0.3 is 20.0 Å². The zero-order chi connectivity index (χ0) is 9.84. The normalized spacial score (nSPS) is 11.6. The van der Waals surface area contributed by atoms with Crippen LogP contribution in [0.3, 0.4) is 0 Å². The topological polar surface area (TPSA) is 85.7 Å². The number of carbonyl (C=O) groups excluding carboxylic acids is 1. The van der Waals surface area contributed by atoms with Crippen molar-refractivity contribution in [3.63, 3.8) is 0 Å². The summed E-state index contributed by atoms with van der Waals surface area (Å²) in [5, 5.41) is 8.68. The van der Waals surface area contributed by atoms with E-state index < -0.39 is 12.0 Å². The lowest BCUT2D eigenvalue weighted by atomic mass is 10.2. The van der Waals surface area contributed by atoms with Crippen LogP contribution in [-0.2, 0) is 16.1 Å². The van der Waals surface area contributed by atoms with E-state index in [-0.39, 0.29) is 24.8 Å². The lowest BCUT2D eigenvalue weighted by Crippen LogP contribution is -2.21. The van der Waals surface area contributed by atoms with Crippen molar-refractivity contribution in [2.24, 2.45) is 5.73 Å². The summed E-state index contributed by atoms with van der Waals surface area (Å²) in [6, 6.07) is 2.16. The average Bonchev–Trinajstić information content (AvgIpc) is 2.63. The van der Waals surface area contributed by atoms with Gasteiger partial charge in [-0.05, 0) is 12.1 Å². The molecule has 0 saturated carbocycles. The first-order chi connectivity index (χ1) is 6.19. The number of hydrogen-bond donors (Lipinski definition) is 2. The quantitative estimate of drug-likeness (QED) is 0.720. The SMILES string of the molecule is COC(=O)[C@H](N)c1ccc(CO)o1.Cl. The number of rotatable bonds is 3. The molecule has 1 atom stereocenters. The summed E-state index contributed by atoms with van der Waals surface area (Å²) in [4.78, 5) is 10.9. The summed E-state index contributed by atoms with van der Waals surface area (Å²) < 4.78 is 9.46. The van der Waals surface area contributed by atoms with E-state index in [9.17, 15) is 4.79 Å². The molecule has 1 heterocycles. The van der Waals surface area contributed by atoms with Gasteiger partial charge in [0.05, 0.1) is 7.11 Å². The zero-order valence-electron chi connectivity index (χ0n) is 7.60. The standard InChI is InChI=1S/C8H11NO4.ClH/c1-12-8(11)7(9)6-3-2-5(4-10)13-6;/h2-3,7,10H,4,9H2,1H3;1H/t7-;/m1./s1. The lowest BCUT2D eigenvalue weighted by molar-refractivity contribution is -0.142. The monoisotopic (exact) mass is 221 g/mol. The number of furan rings is 1. The number of ether oxygens (including phenoxy) is 1. The van der Waals surface area contributed by atoms with Gasteiger partial charge in [-0.2, -0.15) is 0 Å². The molecule has 1 rings (SSSR count). The molecular formula is C8H12ClNO4. The Bertz CT molecular complexity index is 299. The van der Waals surface area contributed by atoms with E-state index in [1.807, 2.05) is 0 Å². The molecule has 80 valence electrons. The first kappa shape index (κ1) is 13.0. The molecule has 0 amide bonds. The highest BCUT2D eigenvalue weighted by atomic mass is 35.5. The Hall–Kier alpha value is -1.04. The van der Waals surface area contributed by atoms with E-state index in [0.717, 1.165) is 0 Å². The van der Waals surface area contributed by atoms with Crippen LogP contribution in [0.5, 0.6) is 0 Å². The molecule has 0 saturated heterocycles. The molecule has 6 heteroatoms. The molecule has 1 aromatic heterocycles. The maximum absolute atomic E-state index is 10.9. The summed E-state index contributed by atoms with van der Waals surface area (Å²) in [6.45, 7) is -0.214. The summed E-state index contributed by atoms with van der Waals surface area (Å²) in [5.74, 6) is 0.0871. The van der Waals surface area contributed by atoms with Crippen LogP contribution >= 0.6 is 12.4 Å². The fourth-order valence-corrected chi connectivity index (χ4v) is 0.890. The number of nitrogens with two attached hydrogens (primary N) is 1. The predicted octanol–water partition coefficient (Wildman–Crippen LogP) is 0.367. The molecular weight excluding hydrogens is 210 g/mol. The van der Waals surface area contributed by atoms with Crippen molar-refractivity contribution in [2.75, 3.05) is 7.11 Å². The second-order valence-corrected chi connectivity index (χ2v) is 2.46. The van der Waals surface area contributed by atoms with Crippen LogP contribution in [-0.4, -0.2) is 18.2 Å². The number of carbonyl (C=O) groups is 1. The van der Waals surface area contributed by atoms with Crippen LogP contribution in [0.2, 0.25) is 0 Å². The highest BCUT2D eigenvalue weighted by Crippen LogP contribution is 2.15. The molecule has 0 aliphatic heterocycles. The van der Waals surface area contributed by atoms with Crippen LogP contribution in [0.4, 0.5) is 0 Å². The van der Waals surface area contributed by atoms with Gasteiger partial charge >= 0.3 is 5.97 Å². The van der Waals surface area contributed by atoms with E-state index in [4.69, 9.17) is 15.3 Å². The number of hydrogen-bond acceptors (Lipinski definition) is 5. The first-order valence-electron chi connectivity index (χ1n) is 3.72. The lowest BCUT2D eigenvalue weighted by Gasteiger charge is -2.04. The van der Waals surface area contributed by atoms with Crippen molar-refractivity contribution >= 4 is 18.4 Å². The molecule has 0 unspecified atom stereocenters. The number of halogens is 1. The minimum atomic E-state index is -0.926. The van der Waals surface area contributed by atoms with E-state index in [1.54, 1.807) is 6.07 Å². The first-order valence-corrected chi connectivity index (χ1v) is 3.72. The predicted molar refractivity (Wildman–Crippen MR) is 50.8 cm³/mol. The molecule has 0 aromatic carbocycles. The van der Waals surface area contributed by atoms with Crippen molar-refractivity contribution in [1.29, 1.82) is 0 Å². The third-order valence-electron chi connectivity index (χ3n) is 1.60. The Labute approximate surface area is 87.2 Å². The van der Waals surface area contributed by atoms with Gasteiger partial charge in [-0.1, -0.05) is 0 Å². The minimum Gasteiger partial charge on any atom is -0.468 e. The van der Waals surface area contributed by atoms with Crippen molar-refractivity contribution in [3.8, 4) is 0 Å². The minimum absolute atomic E-state index is 0. The zero-order valence-corrected chi connectivity index (χ0v) is 8.41. The van der Waals surface area contributed by atoms with Gasteiger partial charge in [0.25, 0.3) is 0 Å². The van der Waals surface area contributed by atoms with Crippen molar-refractivity contribution < 1.29 is 19.1 Å². The molecule has 0 bridgehead atoms. The van der Waals surface area contributed by atoms with Crippen molar-refractivity contribution in [2.45, 2.75) is 12.6 Å². The average molecular weight is 222 g/mol. The largest absolute Gasteiger partial charge is 0.468 e. The Balaban J connectivity index is 0.00000169. The number of methoxy groups -OCH3 is 1. The summed E-state index contributed by atoms with van der Waals surface area (Å²) in [6.07, 6.45) is 0. The smallest absolute Gasteiger partial charge is 0.330 e. The van der Waals surface area contributed by atoms with Gasteiger partial charge in [-0.3, -0.25) is 0 Å². The summed E-state index contributed by atoms with van der Waals surface area (Å²) >= 11 is 0. The Kier molecular flexibility index (Phi) is 5.22. The van der Waals surface area contributed by atoms with Crippen LogP contribution in [0.1, 0.15) is 17.6 Å². The van der Waals surface area contributed by atoms with E-state index >= 15 is 0 Å². The molecule has 1 aromatic rings. The van der Waals surface area contributed by atoms with Crippen LogP contribution in [0.15, 0.2) is 16.5 Å². The number of aliphatic hydroxyl groups excluding tert-OH is 1. The van der Waals surface area contributed by atoms with Gasteiger partial charge in [-0.15, -0.1) is 12.4 Å². The fraction of sp³-hybridized carbons (Fsp3) is 0.375. The second-order valence-electron chi connectivity index (χ2n) is 2.46. The maximum Gasteiger partial charge on any atom is 0.330 e. The number of aliphatic hydroxyl groups is 1. The summed E-state index contributed by atoms with van der Waals surface area (Å²) in [5.41, 5.74) is 5.47. The fourth-order valence-electron chi connectivity index (χ4n) is 0.890. The van der Waals surface area contributed by atoms with Gasteiger partial charge in [0.1, 0.15) is 18.1 Å². The molecule has 0 radical (unpaired) electrons. The van der Waals surface area contributed by atoms with E-state index in [0.29, 0.717) is 5.76 Å². The third kappa shape index (κ3) is 2.73. The van der Waals surface area contributed by atoms with E-state index in [2.05, 4.69) is 4.74 Å². The molecule has 0 aliphatic rings. The van der Waals surface area contributed by atoms with Gasteiger partial charge in [0.2, 0.25) is 0 Å². The maximum atomic E-state index is 10.9. The molecule has 0 fully saturated rings. The van der Waals surface area contributed by atoms with Gasteiger partial charge in [0.15, 0.2) is 6.04 Å². The Morgan fingerprint density at radius 1 is 1.71 bits per heavy atom. The van der Waals surface area contributed by atoms with E-state index in [1.165, 1.54) is 13.2 Å². The molecule has 14 heavy (non-hydrogen) atoms. The number of esters is 1. The highest BCUT2D eigenvalue weighted by Gasteiger charge is 2.19. The van der Waals surface area contributed by atoms with Crippen molar-refractivity contribution in [3.05, 3.63) is 23.7 Å². The molecule has 5 nitrogen and oxygen atoms in total. The van der Waals surface area contributed by atoms with Gasteiger partial charge in [0, 0.05) is 0 Å².